The summed E-state index contributed by atoms with van der Waals surface area (Å²) in [7, 11) is 2.13. The van der Waals surface area contributed by atoms with E-state index in [0.717, 1.165) is 12.5 Å². The van der Waals surface area contributed by atoms with Gasteiger partial charge in [0.25, 0.3) is 0 Å². The van der Waals surface area contributed by atoms with E-state index >= 15 is 0 Å². The number of unbranched alkanes of at least 4 members (excludes halogenated alkanes) is 1. The molecule has 2 heteroatoms. The van der Waals surface area contributed by atoms with Gasteiger partial charge in [0.2, 0.25) is 0 Å². The van der Waals surface area contributed by atoms with Crippen molar-refractivity contribution in [3.8, 4) is 0 Å². The molecule has 1 saturated heterocycles. The van der Waals surface area contributed by atoms with Crippen LogP contribution in [0.5, 0.6) is 0 Å². The highest BCUT2D eigenvalue weighted by molar-refractivity contribution is 4.87. The average molecular weight is 296 g/mol. The maximum atomic E-state index is 5.78. The third-order valence-corrected chi connectivity index (χ3v) is 5.94. The van der Waals surface area contributed by atoms with Crippen LogP contribution in [0.2, 0.25) is 0 Å². The Hall–Kier alpha value is -0.0800. The molecule has 0 amide bonds. The van der Waals surface area contributed by atoms with Crippen molar-refractivity contribution >= 4 is 0 Å². The maximum absolute atomic E-state index is 5.78. The zero-order valence-corrected chi connectivity index (χ0v) is 14.5. The van der Waals surface area contributed by atoms with Crippen molar-refractivity contribution in [3.63, 3.8) is 0 Å². The summed E-state index contributed by atoms with van der Waals surface area (Å²) < 4.78 is 5.78. The first-order valence-corrected chi connectivity index (χ1v) is 9.54. The van der Waals surface area contributed by atoms with Gasteiger partial charge in [-0.25, -0.2) is 0 Å². The molecule has 1 aliphatic carbocycles. The molecular formula is C19H37NO. The Morgan fingerprint density at radius 1 is 1.10 bits per heavy atom. The lowest BCUT2D eigenvalue weighted by Crippen LogP contribution is -2.36. The molecule has 0 aromatic carbocycles. The minimum absolute atomic E-state index is 0.581. The minimum atomic E-state index is 0.581. The summed E-state index contributed by atoms with van der Waals surface area (Å²) in [5, 5.41) is 3.48. The van der Waals surface area contributed by atoms with E-state index in [1.54, 1.807) is 0 Å². The van der Waals surface area contributed by atoms with Crippen LogP contribution in [0.3, 0.4) is 0 Å². The fourth-order valence-electron chi connectivity index (χ4n) is 4.54. The van der Waals surface area contributed by atoms with Gasteiger partial charge < -0.3 is 10.1 Å². The summed E-state index contributed by atoms with van der Waals surface area (Å²) in [5.74, 6) is 1.02. The largest absolute Gasteiger partial charge is 0.378 e. The third-order valence-electron chi connectivity index (χ3n) is 5.94. The highest BCUT2D eigenvalue weighted by Crippen LogP contribution is 2.43. The lowest BCUT2D eigenvalue weighted by molar-refractivity contribution is 0.0869. The summed E-state index contributed by atoms with van der Waals surface area (Å²) in [6.07, 6.45) is 17.4. The van der Waals surface area contributed by atoms with E-state index in [-0.39, 0.29) is 0 Å². The Morgan fingerprint density at radius 2 is 1.90 bits per heavy atom. The monoisotopic (exact) mass is 295 g/mol. The van der Waals surface area contributed by atoms with E-state index in [1.165, 1.54) is 83.6 Å². The van der Waals surface area contributed by atoms with Gasteiger partial charge in [0.05, 0.1) is 6.10 Å². The fourth-order valence-corrected chi connectivity index (χ4v) is 4.54. The second-order valence-corrected chi connectivity index (χ2v) is 7.64. The molecule has 1 N–H and O–H groups in total. The van der Waals surface area contributed by atoms with Gasteiger partial charge in [0.1, 0.15) is 0 Å². The fraction of sp³-hybridized carbons (Fsp3) is 1.00. The molecule has 0 bridgehead atoms. The first-order chi connectivity index (χ1) is 10.3. The van der Waals surface area contributed by atoms with Crippen molar-refractivity contribution in [2.75, 3.05) is 20.2 Å². The molecule has 1 unspecified atom stereocenters. The van der Waals surface area contributed by atoms with Crippen molar-refractivity contribution in [2.24, 2.45) is 11.3 Å². The molecule has 1 atom stereocenters. The number of rotatable bonds is 9. The van der Waals surface area contributed by atoms with Crippen molar-refractivity contribution in [1.82, 2.24) is 5.32 Å². The van der Waals surface area contributed by atoms with Gasteiger partial charge in [-0.05, 0) is 69.7 Å². The molecule has 124 valence electrons. The molecule has 1 saturated carbocycles. The van der Waals surface area contributed by atoms with Crippen LogP contribution < -0.4 is 5.32 Å². The molecule has 1 heterocycles. The van der Waals surface area contributed by atoms with Crippen LogP contribution in [-0.2, 0) is 4.74 Å². The highest BCUT2D eigenvalue weighted by atomic mass is 16.5. The van der Waals surface area contributed by atoms with Crippen LogP contribution >= 0.6 is 0 Å². The maximum Gasteiger partial charge on any atom is 0.0576 e. The lowest BCUT2D eigenvalue weighted by atomic mass is 9.67. The van der Waals surface area contributed by atoms with E-state index in [0.29, 0.717) is 11.5 Å². The first kappa shape index (κ1) is 17.3. The van der Waals surface area contributed by atoms with Crippen molar-refractivity contribution in [1.29, 1.82) is 0 Å². The predicted octanol–water partition coefficient (Wildman–Crippen LogP) is 4.92. The zero-order chi connectivity index (χ0) is 15.0. The smallest absolute Gasteiger partial charge is 0.0576 e. The molecule has 2 aliphatic rings. The highest BCUT2D eigenvalue weighted by Gasteiger charge is 2.34. The van der Waals surface area contributed by atoms with Crippen molar-refractivity contribution in [2.45, 2.75) is 90.1 Å². The van der Waals surface area contributed by atoms with Gasteiger partial charge in [-0.1, -0.05) is 32.6 Å². The average Bonchev–Trinajstić information content (AvgIpc) is 3.00. The topological polar surface area (TPSA) is 21.3 Å². The Morgan fingerprint density at radius 3 is 2.52 bits per heavy atom. The van der Waals surface area contributed by atoms with Crippen LogP contribution in [0.4, 0.5) is 0 Å². The molecule has 21 heavy (non-hydrogen) atoms. The summed E-state index contributed by atoms with van der Waals surface area (Å²) in [5.41, 5.74) is 0.593. The minimum Gasteiger partial charge on any atom is -0.378 e. The van der Waals surface area contributed by atoms with Crippen LogP contribution in [-0.4, -0.2) is 26.3 Å². The van der Waals surface area contributed by atoms with Gasteiger partial charge in [0, 0.05) is 13.2 Å². The van der Waals surface area contributed by atoms with Gasteiger partial charge >= 0.3 is 0 Å². The van der Waals surface area contributed by atoms with E-state index in [1.807, 2.05) is 0 Å². The van der Waals surface area contributed by atoms with Gasteiger partial charge in [-0.2, -0.15) is 0 Å². The van der Waals surface area contributed by atoms with Gasteiger partial charge in [-0.3, -0.25) is 0 Å². The molecular weight excluding hydrogens is 258 g/mol. The Bertz CT molecular complexity index is 265. The molecule has 0 radical (unpaired) electrons. The molecule has 0 spiro atoms. The molecule has 0 aromatic rings. The van der Waals surface area contributed by atoms with Crippen LogP contribution in [0.1, 0.15) is 84.0 Å². The van der Waals surface area contributed by atoms with Crippen LogP contribution in [0.25, 0.3) is 0 Å². The van der Waals surface area contributed by atoms with Gasteiger partial charge in [-0.15, -0.1) is 0 Å². The zero-order valence-electron chi connectivity index (χ0n) is 14.5. The standard InChI is InChI=1S/C19H37NO/c1-3-4-7-17-10-13-19(14-11-17,16-20-2)12-5-8-18-9-6-15-21-18/h17-18,20H,3-16H2,1-2H3. The molecule has 2 fully saturated rings. The Balaban J connectivity index is 1.72. The summed E-state index contributed by atoms with van der Waals surface area (Å²) >= 11 is 0. The number of hydrogen-bond donors (Lipinski definition) is 1. The Labute approximate surface area is 132 Å². The number of nitrogens with one attached hydrogen (secondary N) is 1. The molecule has 2 rings (SSSR count). The second-order valence-electron chi connectivity index (χ2n) is 7.64. The number of ether oxygens (including phenoxy) is 1. The Kier molecular flexibility index (Phi) is 7.53. The summed E-state index contributed by atoms with van der Waals surface area (Å²) in [6, 6.07) is 0. The SMILES string of the molecule is CCCCC1CCC(CCCC2CCCO2)(CNC)CC1. The summed E-state index contributed by atoms with van der Waals surface area (Å²) in [6.45, 7) is 4.55. The first-order valence-electron chi connectivity index (χ1n) is 9.54. The van der Waals surface area contributed by atoms with Gasteiger partial charge in [0.15, 0.2) is 0 Å². The molecule has 2 nitrogen and oxygen atoms in total. The lowest BCUT2D eigenvalue weighted by Gasteiger charge is -2.41. The van der Waals surface area contributed by atoms with E-state index in [4.69, 9.17) is 4.74 Å². The van der Waals surface area contributed by atoms with Crippen molar-refractivity contribution < 1.29 is 4.74 Å². The van der Waals surface area contributed by atoms with E-state index in [9.17, 15) is 0 Å². The van der Waals surface area contributed by atoms with Crippen molar-refractivity contribution in [3.05, 3.63) is 0 Å². The normalized spacial score (nSPS) is 33.4. The predicted molar refractivity (Wildman–Crippen MR) is 90.7 cm³/mol. The van der Waals surface area contributed by atoms with Crippen LogP contribution in [0, 0.1) is 11.3 Å². The van der Waals surface area contributed by atoms with E-state index in [2.05, 4.69) is 19.3 Å². The third kappa shape index (κ3) is 5.56. The molecule has 1 aliphatic heterocycles. The summed E-state index contributed by atoms with van der Waals surface area (Å²) in [4.78, 5) is 0. The van der Waals surface area contributed by atoms with Crippen LogP contribution in [0.15, 0.2) is 0 Å². The van der Waals surface area contributed by atoms with E-state index < -0.39 is 0 Å². The number of hydrogen-bond acceptors (Lipinski definition) is 2. The molecule has 0 aromatic heterocycles. The quantitative estimate of drug-likeness (QED) is 0.652. The second kappa shape index (κ2) is 9.15.